The number of carbonyl (C=O) groups excluding carboxylic acids is 2. The van der Waals surface area contributed by atoms with Gasteiger partial charge in [-0.25, -0.2) is 4.98 Å². The van der Waals surface area contributed by atoms with Crippen LogP contribution in [0, 0.1) is 12.8 Å². The van der Waals surface area contributed by atoms with Crippen molar-refractivity contribution in [3.05, 3.63) is 53.5 Å². The van der Waals surface area contributed by atoms with Crippen LogP contribution in [-0.2, 0) is 11.2 Å². The summed E-state index contributed by atoms with van der Waals surface area (Å²) in [6.07, 6.45) is 5.82. The average molecular weight is 352 g/mol. The first-order chi connectivity index (χ1) is 12.6. The SMILES string of the molecule is CCc1ccnc(C(=O)N2CCCC(C(=O)Nc3ccc(C)cn3)C2)c1. The van der Waals surface area contributed by atoms with E-state index in [0.717, 1.165) is 30.4 Å². The summed E-state index contributed by atoms with van der Waals surface area (Å²) in [6.45, 7) is 5.06. The van der Waals surface area contributed by atoms with Gasteiger partial charge in [0.25, 0.3) is 5.91 Å². The maximum atomic E-state index is 12.8. The van der Waals surface area contributed by atoms with Gasteiger partial charge in [0.2, 0.25) is 5.91 Å². The Kier molecular flexibility index (Phi) is 5.61. The molecule has 136 valence electrons. The van der Waals surface area contributed by atoms with Crippen LogP contribution < -0.4 is 5.32 Å². The molecule has 2 aromatic heterocycles. The van der Waals surface area contributed by atoms with Crippen LogP contribution in [0.3, 0.4) is 0 Å². The third kappa shape index (κ3) is 4.25. The van der Waals surface area contributed by atoms with E-state index >= 15 is 0 Å². The second kappa shape index (κ2) is 8.08. The minimum absolute atomic E-state index is 0.0888. The molecule has 1 saturated heterocycles. The summed E-state index contributed by atoms with van der Waals surface area (Å²) in [5, 5.41) is 2.85. The summed E-state index contributed by atoms with van der Waals surface area (Å²) < 4.78 is 0. The van der Waals surface area contributed by atoms with Gasteiger partial charge in [0.1, 0.15) is 11.5 Å². The third-order valence-corrected chi connectivity index (χ3v) is 4.69. The van der Waals surface area contributed by atoms with Crippen LogP contribution in [0.2, 0.25) is 0 Å². The molecule has 6 nitrogen and oxygen atoms in total. The number of nitrogens with zero attached hydrogens (tertiary/aromatic N) is 3. The van der Waals surface area contributed by atoms with Crippen molar-refractivity contribution < 1.29 is 9.59 Å². The Balaban J connectivity index is 1.65. The maximum Gasteiger partial charge on any atom is 0.272 e. The topological polar surface area (TPSA) is 75.2 Å². The molecule has 6 heteroatoms. The second-order valence-corrected chi connectivity index (χ2v) is 6.70. The van der Waals surface area contributed by atoms with E-state index in [1.807, 2.05) is 32.0 Å². The number of rotatable bonds is 4. The van der Waals surface area contributed by atoms with Gasteiger partial charge in [-0.15, -0.1) is 0 Å². The van der Waals surface area contributed by atoms with Crippen LogP contribution >= 0.6 is 0 Å². The highest BCUT2D eigenvalue weighted by Crippen LogP contribution is 2.20. The van der Waals surface area contributed by atoms with Gasteiger partial charge in [-0.1, -0.05) is 13.0 Å². The van der Waals surface area contributed by atoms with Gasteiger partial charge < -0.3 is 10.2 Å². The standard InChI is InChI=1S/C20H24N4O2/c1-3-15-8-9-21-17(11-15)20(26)24-10-4-5-16(13-24)19(25)23-18-7-6-14(2)12-22-18/h6-9,11-12,16H,3-5,10,13H2,1-2H3,(H,22,23,25). The fourth-order valence-electron chi connectivity index (χ4n) is 3.12. The third-order valence-electron chi connectivity index (χ3n) is 4.69. The number of aryl methyl sites for hydroxylation is 2. The number of hydrogen-bond acceptors (Lipinski definition) is 4. The van der Waals surface area contributed by atoms with Gasteiger partial charge >= 0.3 is 0 Å². The first kappa shape index (κ1) is 18.0. The van der Waals surface area contributed by atoms with Crippen LogP contribution in [0.15, 0.2) is 36.7 Å². The molecule has 0 aliphatic carbocycles. The molecule has 3 rings (SSSR count). The fraction of sp³-hybridized carbons (Fsp3) is 0.400. The summed E-state index contributed by atoms with van der Waals surface area (Å²) >= 11 is 0. The van der Waals surface area contributed by atoms with Crippen molar-refractivity contribution >= 4 is 17.6 Å². The van der Waals surface area contributed by atoms with Crippen molar-refractivity contribution in [2.75, 3.05) is 18.4 Å². The summed E-state index contributed by atoms with van der Waals surface area (Å²) in [6, 6.07) is 7.45. The molecule has 1 fully saturated rings. The van der Waals surface area contributed by atoms with Crippen LogP contribution in [0.1, 0.15) is 41.4 Å². The monoisotopic (exact) mass is 352 g/mol. The molecule has 26 heavy (non-hydrogen) atoms. The summed E-state index contributed by atoms with van der Waals surface area (Å²) in [4.78, 5) is 35.5. The van der Waals surface area contributed by atoms with E-state index in [-0.39, 0.29) is 17.7 Å². The van der Waals surface area contributed by atoms with E-state index in [0.29, 0.717) is 24.6 Å². The zero-order valence-corrected chi connectivity index (χ0v) is 15.2. The van der Waals surface area contributed by atoms with Gasteiger partial charge in [0.05, 0.1) is 5.92 Å². The Morgan fingerprint density at radius 3 is 2.85 bits per heavy atom. The van der Waals surface area contributed by atoms with Crippen molar-refractivity contribution in [1.82, 2.24) is 14.9 Å². The Morgan fingerprint density at radius 2 is 2.12 bits per heavy atom. The molecule has 0 bridgehead atoms. The number of hydrogen-bond donors (Lipinski definition) is 1. The molecule has 1 N–H and O–H groups in total. The Morgan fingerprint density at radius 1 is 1.27 bits per heavy atom. The summed E-state index contributed by atoms with van der Waals surface area (Å²) in [7, 11) is 0. The molecule has 0 radical (unpaired) electrons. The number of amides is 2. The van der Waals surface area contributed by atoms with Gasteiger partial charge in [-0.2, -0.15) is 0 Å². The van der Waals surface area contributed by atoms with Crippen molar-refractivity contribution in [3.8, 4) is 0 Å². The van der Waals surface area contributed by atoms with Crippen LogP contribution in [-0.4, -0.2) is 39.8 Å². The smallest absolute Gasteiger partial charge is 0.272 e. The van der Waals surface area contributed by atoms with E-state index in [9.17, 15) is 9.59 Å². The lowest BCUT2D eigenvalue weighted by molar-refractivity contribution is -0.121. The fourth-order valence-corrected chi connectivity index (χ4v) is 3.12. The summed E-state index contributed by atoms with van der Waals surface area (Å²) in [5.74, 6) is 0.118. The number of aromatic nitrogens is 2. The minimum atomic E-state index is -0.231. The van der Waals surface area contributed by atoms with Crippen LogP contribution in [0.25, 0.3) is 0 Å². The number of nitrogens with one attached hydrogen (secondary N) is 1. The molecular weight excluding hydrogens is 328 g/mol. The molecule has 1 atom stereocenters. The minimum Gasteiger partial charge on any atom is -0.337 e. The highest BCUT2D eigenvalue weighted by Gasteiger charge is 2.29. The number of pyridine rings is 2. The van der Waals surface area contributed by atoms with E-state index in [1.54, 1.807) is 23.4 Å². The zero-order valence-electron chi connectivity index (χ0n) is 15.2. The molecule has 1 aliphatic heterocycles. The highest BCUT2D eigenvalue weighted by molar-refractivity contribution is 5.95. The Bertz CT molecular complexity index is 789. The predicted molar refractivity (Wildman–Crippen MR) is 99.8 cm³/mol. The van der Waals surface area contributed by atoms with E-state index in [1.165, 1.54) is 0 Å². The molecule has 2 amide bonds. The maximum absolute atomic E-state index is 12.8. The number of anilines is 1. The van der Waals surface area contributed by atoms with Crippen molar-refractivity contribution in [1.29, 1.82) is 0 Å². The first-order valence-electron chi connectivity index (χ1n) is 9.04. The van der Waals surface area contributed by atoms with E-state index in [4.69, 9.17) is 0 Å². The second-order valence-electron chi connectivity index (χ2n) is 6.70. The number of piperidine rings is 1. The Hall–Kier alpha value is -2.76. The van der Waals surface area contributed by atoms with Gasteiger partial charge in [0, 0.05) is 25.5 Å². The zero-order chi connectivity index (χ0) is 18.5. The lowest BCUT2D eigenvalue weighted by atomic mass is 9.96. The quantitative estimate of drug-likeness (QED) is 0.918. The van der Waals surface area contributed by atoms with Crippen LogP contribution in [0.5, 0.6) is 0 Å². The van der Waals surface area contributed by atoms with Gasteiger partial charge in [-0.3, -0.25) is 14.6 Å². The molecule has 0 saturated carbocycles. The first-order valence-corrected chi connectivity index (χ1v) is 9.04. The summed E-state index contributed by atoms with van der Waals surface area (Å²) in [5.41, 5.74) is 2.57. The molecule has 1 aliphatic rings. The predicted octanol–water partition coefficient (Wildman–Crippen LogP) is 2.84. The average Bonchev–Trinajstić information content (AvgIpc) is 2.69. The highest BCUT2D eigenvalue weighted by atomic mass is 16.2. The lowest BCUT2D eigenvalue weighted by Crippen LogP contribution is -2.44. The number of carbonyl (C=O) groups is 2. The van der Waals surface area contributed by atoms with Crippen molar-refractivity contribution in [2.45, 2.75) is 33.1 Å². The molecule has 0 spiro atoms. The van der Waals surface area contributed by atoms with Crippen molar-refractivity contribution in [2.24, 2.45) is 5.92 Å². The number of likely N-dealkylation sites (tertiary alicyclic amines) is 1. The van der Waals surface area contributed by atoms with Crippen LogP contribution in [0.4, 0.5) is 5.82 Å². The molecular formula is C20H24N4O2. The van der Waals surface area contributed by atoms with Crippen molar-refractivity contribution in [3.63, 3.8) is 0 Å². The van der Waals surface area contributed by atoms with E-state index in [2.05, 4.69) is 15.3 Å². The largest absolute Gasteiger partial charge is 0.337 e. The van der Waals surface area contributed by atoms with Gasteiger partial charge in [0.15, 0.2) is 0 Å². The molecule has 0 aromatic carbocycles. The lowest BCUT2D eigenvalue weighted by Gasteiger charge is -2.31. The molecule has 3 heterocycles. The van der Waals surface area contributed by atoms with Gasteiger partial charge in [-0.05, 0) is 55.5 Å². The normalized spacial score (nSPS) is 17.0. The molecule has 2 aromatic rings. The van der Waals surface area contributed by atoms with E-state index < -0.39 is 0 Å². The molecule has 1 unspecified atom stereocenters. The Labute approximate surface area is 153 Å².